The third-order valence-corrected chi connectivity index (χ3v) is 5.21. The molecule has 0 saturated carbocycles. The number of benzene rings is 1. The number of rotatable bonds is 7. The second-order valence-electron chi connectivity index (χ2n) is 8.02. The molecule has 1 amide bonds. The summed E-state index contributed by atoms with van der Waals surface area (Å²) in [4.78, 5) is 31.2. The van der Waals surface area contributed by atoms with Crippen molar-refractivity contribution in [3.63, 3.8) is 0 Å². The average molecular weight is 466 g/mol. The summed E-state index contributed by atoms with van der Waals surface area (Å²) in [6, 6.07) is 7.13. The number of amides is 1. The molecule has 2 aromatic heterocycles. The normalized spacial score (nSPS) is 11.5. The molecule has 0 aliphatic rings. The molecule has 0 saturated heterocycles. The number of alkyl carbamates (subject to hydrolysis) is 1. The highest BCUT2D eigenvalue weighted by molar-refractivity contribution is 6.42. The molecule has 8 nitrogen and oxygen atoms in total. The number of carbonyl (C=O) groups excluding carboxylic acids is 1. The molecule has 2 heterocycles. The lowest BCUT2D eigenvalue weighted by Crippen LogP contribution is -2.33. The number of pyridine rings is 1. The lowest BCUT2D eigenvalue weighted by atomic mass is 10.2. The molecule has 0 aliphatic carbocycles. The number of H-pyrrole nitrogens is 1. The van der Waals surface area contributed by atoms with Gasteiger partial charge in [-0.3, -0.25) is 4.57 Å². The molecule has 3 N–H and O–H groups in total. The molecule has 3 rings (SSSR count). The number of nitrogens with one attached hydrogen (secondary N) is 3. The number of ether oxygens (including phenoxy) is 1. The second-order valence-corrected chi connectivity index (χ2v) is 8.81. The van der Waals surface area contributed by atoms with E-state index < -0.39 is 11.7 Å². The van der Waals surface area contributed by atoms with Crippen molar-refractivity contribution in [1.29, 1.82) is 0 Å². The monoisotopic (exact) mass is 465 g/mol. The summed E-state index contributed by atoms with van der Waals surface area (Å²) in [5, 5.41) is 6.78. The summed E-state index contributed by atoms with van der Waals surface area (Å²) in [5.74, 6) is 0.620. The standard InChI is InChI=1S/C21H25Cl2N5O3/c1-21(2,3)31-20(30)25-9-5-8-24-17-10-16-15(11-26-17)27-19(29)28(16)12-13-6-4-7-14(22)18(13)23/h4,6-7,10-11H,5,8-9,12H2,1-3H3,(H,24,26)(H,25,30)(H,27,29). The molecule has 0 unspecified atom stereocenters. The fourth-order valence-electron chi connectivity index (χ4n) is 2.96. The van der Waals surface area contributed by atoms with Crippen molar-refractivity contribution in [1.82, 2.24) is 19.9 Å². The predicted octanol–water partition coefficient (Wildman–Crippen LogP) is 4.41. The van der Waals surface area contributed by atoms with Gasteiger partial charge in [0.15, 0.2) is 0 Å². The zero-order valence-corrected chi connectivity index (χ0v) is 19.1. The number of anilines is 1. The Bertz CT molecular complexity index is 1130. The first-order valence-electron chi connectivity index (χ1n) is 9.86. The lowest BCUT2D eigenvalue weighted by Gasteiger charge is -2.19. The summed E-state index contributed by atoms with van der Waals surface area (Å²) >= 11 is 12.4. The maximum atomic E-state index is 12.4. The van der Waals surface area contributed by atoms with Gasteiger partial charge < -0.3 is 20.4 Å². The van der Waals surface area contributed by atoms with Crippen LogP contribution < -0.4 is 16.3 Å². The fraction of sp³-hybridized carbons (Fsp3) is 0.381. The Kier molecular flexibility index (Phi) is 7.12. The average Bonchev–Trinajstić information content (AvgIpc) is 2.98. The minimum absolute atomic E-state index is 0.258. The van der Waals surface area contributed by atoms with Crippen molar-refractivity contribution >= 4 is 46.1 Å². The maximum Gasteiger partial charge on any atom is 0.407 e. The van der Waals surface area contributed by atoms with Crippen LogP contribution in [0.1, 0.15) is 32.8 Å². The highest BCUT2D eigenvalue weighted by Gasteiger charge is 2.15. The number of carbonyl (C=O) groups is 1. The lowest BCUT2D eigenvalue weighted by molar-refractivity contribution is 0.0528. The van der Waals surface area contributed by atoms with Crippen LogP contribution in [0.25, 0.3) is 11.0 Å². The minimum atomic E-state index is -0.524. The van der Waals surface area contributed by atoms with Crippen LogP contribution in [0.3, 0.4) is 0 Å². The number of imidazole rings is 1. The third-order valence-electron chi connectivity index (χ3n) is 4.35. The largest absolute Gasteiger partial charge is 0.444 e. The molecule has 0 fully saturated rings. The zero-order chi connectivity index (χ0) is 22.6. The van der Waals surface area contributed by atoms with Gasteiger partial charge in [0.05, 0.1) is 33.8 Å². The van der Waals surface area contributed by atoms with E-state index in [1.807, 2.05) is 26.8 Å². The Morgan fingerprint density at radius 1 is 1.26 bits per heavy atom. The first-order chi connectivity index (χ1) is 14.6. The van der Waals surface area contributed by atoms with Gasteiger partial charge in [-0.25, -0.2) is 14.6 Å². The summed E-state index contributed by atoms with van der Waals surface area (Å²) in [6.07, 6.45) is 1.84. The highest BCUT2D eigenvalue weighted by atomic mass is 35.5. The van der Waals surface area contributed by atoms with E-state index in [4.69, 9.17) is 27.9 Å². The number of halogens is 2. The van der Waals surface area contributed by atoms with Crippen LogP contribution in [0.15, 0.2) is 35.3 Å². The zero-order valence-electron chi connectivity index (χ0n) is 17.6. The number of hydrogen-bond donors (Lipinski definition) is 3. The van der Waals surface area contributed by atoms with Crippen molar-refractivity contribution in [2.24, 2.45) is 0 Å². The van der Waals surface area contributed by atoms with Crippen LogP contribution in [0.2, 0.25) is 10.0 Å². The van der Waals surface area contributed by atoms with E-state index in [1.165, 1.54) is 0 Å². The van der Waals surface area contributed by atoms with E-state index in [9.17, 15) is 9.59 Å². The molecule has 0 bridgehead atoms. The van der Waals surface area contributed by atoms with Crippen LogP contribution in [-0.4, -0.2) is 39.3 Å². The van der Waals surface area contributed by atoms with Gasteiger partial charge in [0.1, 0.15) is 11.4 Å². The molecule has 3 aromatic rings. The Morgan fingerprint density at radius 2 is 2.03 bits per heavy atom. The number of aromatic nitrogens is 3. The fourth-order valence-corrected chi connectivity index (χ4v) is 3.34. The molecule has 0 spiro atoms. The summed E-state index contributed by atoms with van der Waals surface area (Å²) in [7, 11) is 0. The maximum absolute atomic E-state index is 12.4. The molecular weight excluding hydrogens is 441 g/mol. The van der Waals surface area contributed by atoms with E-state index in [-0.39, 0.29) is 12.2 Å². The van der Waals surface area contributed by atoms with Gasteiger partial charge in [-0.15, -0.1) is 0 Å². The van der Waals surface area contributed by atoms with Crippen LogP contribution >= 0.6 is 23.2 Å². The van der Waals surface area contributed by atoms with Crippen LogP contribution in [-0.2, 0) is 11.3 Å². The Hall–Kier alpha value is -2.71. The van der Waals surface area contributed by atoms with Gasteiger partial charge in [0.2, 0.25) is 0 Å². The third kappa shape index (κ3) is 6.15. The first kappa shape index (κ1) is 23.0. The van der Waals surface area contributed by atoms with Crippen molar-refractivity contribution in [2.45, 2.75) is 39.3 Å². The van der Waals surface area contributed by atoms with Gasteiger partial charge in [-0.05, 0) is 38.8 Å². The summed E-state index contributed by atoms with van der Waals surface area (Å²) < 4.78 is 6.78. The smallest absolute Gasteiger partial charge is 0.407 e. The molecule has 0 radical (unpaired) electrons. The van der Waals surface area contributed by atoms with E-state index >= 15 is 0 Å². The number of nitrogens with zero attached hydrogens (tertiary/aromatic N) is 2. The highest BCUT2D eigenvalue weighted by Crippen LogP contribution is 2.26. The summed E-state index contributed by atoms with van der Waals surface area (Å²) in [5.41, 5.74) is 1.29. The second kappa shape index (κ2) is 9.62. The van der Waals surface area contributed by atoms with Crippen molar-refractivity contribution < 1.29 is 9.53 Å². The van der Waals surface area contributed by atoms with Gasteiger partial charge in [0, 0.05) is 19.2 Å². The van der Waals surface area contributed by atoms with E-state index in [0.29, 0.717) is 46.4 Å². The van der Waals surface area contributed by atoms with Gasteiger partial charge >= 0.3 is 11.8 Å². The molecule has 10 heteroatoms. The topological polar surface area (TPSA) is 101 Å². The molecule has 1 aromatic carbocycles. The Balaban J connectivity index is 1.63. The Labute approximate surface area is 189 Å². The SMILES string of the molecule is CC(C)(C)OC(=O)NCCCNc1cc2c(cn1)[nH]c(=O)n2Cc1cccc(Cl)c1Cl. The Morgan fingerprint density at radius 3 is 2.77 bits per heavy atom. The molecule has 31 heavy (non-hydrogen) atoms. The van der Waals surface area contributed by atoms with Crippen molar-refractivity contribution in [2.75, 3.05) is 18.4 Å². The van der Waals surface area contributed by atoms with E-state index in [0.717, 1.165) is 5.56 Å². The first-order valence-corrected chi connectivity index (χ1v) is 10.6. The summed E-state index contributed by atoms with van der Waals surface area (Å²) in [6.45, 7) is 6.78. The number of aromatic amines is 1. The van der Waals surface area contributed by atoms with Crippen molar-refractivity contribution in [3.05, 3.63) is 56.6 Å². The van der Waals surface area contributed by atoms with E-state index in [2.05, 4.69) is 20.6 Å². The minimum Gasteiger partial charge on any atom is -0.444 e. The molecule has 0 atom stereocenters. The predicted molar refractivity (Wildman–Crippen MR) is 123 cm³/mol. The number of fused-ring (bicyclic) bond motifs is 1. The molecule has 0 aliphatic heterocycles. The van der Waals surface area contributed by atoms with Crippen LogP contribution in [0.5, 0.6) is 0 Å². The van der Waals surface area contributed by atoms with Gasteiger partial charge in [0.25, 0.3) is 0 Å². The molecule has 166 valence electrons. The number of hydrogen-bond acceptors (Lipinski definition) is 5. The van der Waals surface area contributed by atoms with Crippen LogP contribution in [0.4, 0.5) is 10.6 Å². The van der Waals surface area contributed by atoms with E-state index in [1.54, 1.807) is 29.0 Å². The van der Waals surface area contributed by atoms with Crippen LogP contribution in [0, 0.1) is 0 Å². The quantitative estimate of drug-likeness (QED) is 0.448. The van der Waals surface area contributed by atoms with Crippen molar-refractivity contribution in [3.8, 4) is 0 Å². The molecular formula is C21H25Cl2N5O3. The van der Waals surface area contributed by atoms with Gasteiger partial charge in [-0.1, -0.05) is 35.3 Å². The van der Waals surface area contributed by atoms with Gasteiger partial charge in [-0.2, -0.15) is 0 Å².